The van der Waals surface area contributed by atoms with Gasteiger partial charge in [0.05, 0.1) is 29.9 Å². The Morgan fingerprint density at radius 3 is 2.74 bits per heavy atom. The van der Waals surface area contributed by atoms with Crippen LogP contribution in [0.15, 0.2) is 53.3 Å². The molecule has 0 radical (unpaired) electrons. The summed E-state index contributed by atoms with van der Waals surface area (Å²) in [5.74, 6) is -0.0122. The molecular formula is C25H27N7O3. The van der Waals surface area contributed by atoms with Gasteiger partial charge >= 0.3 is 0 Å². The highest BCUT2D eigenvalue weighted by Crippen LogP contribution is 2.35. The number of aromatic nitrogens is 2. The predicted octanol–water partition coefficient (Wildman–Crippen LogP) is 3.32. The Balaban J connectivity index is 1.44. The molecule has 0 unspecified atom stereocenters. The van der Waals surface area contributed by atoms with Crippen LogP contribution in [0.3, 0.4) is 0 Å². The number of primary amides is 1. The van der Waals surface area contributed by atoms with Gasteiger partial charge in [0.2, 0.25) is 5.91 Å². The van der Waals surface area contributed by atoms with Crippen molar-refractivity contribution >= 4 is 34.7 Å². The molecule has 3 aliphatic rings. The van der Waals surface area contributed by atoms with Crippen molar-refractivity contribution in [1.29, 1.82) is 0 Å². The van der Waals surface area contributed by atoms with E-state index in [0.717, 1.165) is 55.6 Å². The minimum Gasteiger partial charge on any atom is -0.494 e. The predicted molar refractivity (Wildman–Crippen MR) is 132 cm³/mol. The maximum absolute atomic E-state index is 12.2. The van der Waals surface area contributed by atoms with E-state index in [1.807, 2.05) is 23.2 Å². The summed E-state index contributed by atoms with van der Waals surface area (Å²) in [5.41, 5.74) is 9.28. The van der Waals surface area contributed by atoms with Crippen LogP contribution in [-0.2, 0) is 4.79 Å². The summed E-state index contributed by atoms with van der Waals surface area (Å²) in [6.45, 7) is 0.788. The number of allylic oxidation sites excluding steroid dienone is 3. The average molecular weight is 474 g/mol. The number of rotatable bonds is 8. The molecule has 1 fully saturated rings. The normalized spacial score (nSPS) is 17.0. The summed E-state index contributed by atoms with van der Waals surface area (Å²) in [5, 5.41) is 20.7. The third kappa shape index (κ3) is 4.86. The van der Waals surface area contributed by atoms with Gasteiger partial charge in [0.1, 0.15) is 0 Å². The SMILES string of the molecule is COc1c(Nc2cc(NC(=O)C3CC3)nnc2C(N)=O)cccc1C1=NN(C2=CCCC=C2)CC1. The first-order valence-electron chi connectivity index (χ1n) is 11.7. The number of nitrogens with two attached hydrogens (primary N) is 1. The number of nitrogens with one attached hydrogen (secondary N) is 2. The molecule has 2 heterocycles. The highest BCUT2D eigenvalue weighted by Gasteiger charge is 2.30. The summed E-state index contributed by atoms with van der Waals surface area (Å²) in [4.78, 5) is 24.2. The molecule has 2 aliphatic carbocycles. The van der Waals surface area contributed by atoms with Gasteiger partial charge < -0.3 is 21.1 Å². The van der Waals surface area contributed by atoms with Crippen LogP contribution < -0.4 is 21.1 Å². The molecule has 0 saturated heterocycles. The molecule has 4 N–H and O–H groups in total. The molecule has 0 bridgehead atoms. The van der Waals surface area contributed by atoms with E-state index < -0.39 is 5.91 Å². The first kappa shape index (κ1) is 22.6. The van der Waals surface area contributed by atoms with Gasteiger partial charge in [-0.3, -0.25) is 14.6 Å². The lowest BCUT2D eigenvalue weighted by atomic mass is 10.1. The van der Waals surface area contributed by atoms with Crippen molar-refractivity contribution in [1.82, 2.24) is 15.2 Å². The zero-order valence-corrected chi connectivity index (χ0v) is 19.5. The lowest BCUT2D eigenvalue weighted by Gasteiger charge is -2.17. The van der Waals surface area contributed by atoms with Crippen molar-refractivity contribution in [2.24, 2.45) is 16.8 Å². The second-order valence-electron chi connectivity index (χ2n) is 8.66. The zero-order valence-electron chi connectivity index (χ0n) is 19.5. The number of carbonyl (C=O) groups is 2. The van der Waals surface area contributed by atoms with E-state index in [2.05, 4.69) is 39.1 Å². The van der Waals surface area contributed by atoms with Crippen LogP contribution in [0.25, 0.3) is 0 Å². The van der Waals surface area contributed by atoms with Gasteiger partial charge in [-0.15, -0.1) is 10.2 Å². The standard InChI is InChI=1S/C25H27N7O3/c1-35-23-17(18-12-13-32(31-18)16-6-3-2-4-7-16)8-5-9-19(23)27-20-14-21(28-25(34)15-10-11-15)29-30-22(20)24(26)33/h3,5-9,14-15H,2,4,10-13H2,1H3,(H2,26,33)(H2,27,28,29,34). The molecule has 10 nitrogen and oxygen atoms in total. The van der Waals surface area contributed by atoms with Gasteiger partial charge in [-0.1, -0.05) is 18.2 Å². The number of methoxy groups -OCH3 is 1. The second kappa shape index (κ2) is 9.57. The number of para-hydroxylation sites is 1. The Kier molecular flexibility index (Phi) is 6.17. The Morgan fingerprint density at radius 2 is 2.03 bits per heavy atom. The number of nitrogens with zero attached hydrogens (tertiary/aromatic N) is 4. The smallest absolute Gasteiger partial charge is 0.271 e. The van der Waals surface area contributed by atoms with Gasteiger partial charge in [0.25, 0.3) is 5.91 Å². The van der Waals surface area contributed by atoms with Crippen molar-refractivity contribution in [3.8, 4) is 5.75 Å². The highest BCUT2D eigenvalue weighted by molar-refractivity contribution is 6.06. The molecule has 2 aromatic rings. The topological polar surface area (TPSA) is 135 Å². The van der Waals surface area contributed by atoms with Crippen molar-refractivity contribution in [2.45, 2.75) is 32.1 Å². The monoisotopic (exact) mass is 473 g/mol. The summed E-state index contributed by atoms with van der Waals surface area (Å²) >= 11 is 0. The van der Waals surface area contributed by atoms with Crippen molar-refractivity contribution in [3.05, 3.63) is 59.4 Å². The maximum Gasteiger partial charge on any atom is 0.271 e. The van der Waals surface area contributed by atoms with Crippen molar-refractivity contribution in [3.63, 3.8) is 0 Å². The summed E-state index contributed by atoms with van der Waals surface area (Å²) in [7, 11) is 1.59. The first-order valence-corrected chi connectivity index (χ1v) is 11.7. The van der Waals surface area contributed by atoms with Crippen molar-refractivity contribution in [2.75, 3.05) is 24.3 Å². The maximum atomic E-state index is 12.2. The van der Waals surface area contributed by atoms with E-state index in [4.69, 9.17) is 15.6 Å². The lowest BCUT2D eigenvalue weighted by Crippen LogP contribution is -2.19. The fourth-order valence-electron chi connectivity index (χ4n) is 4.16. The number of amides is 2. The number of hydrogen-bond acceptors (Lipinski definition) is 8. The summed E-state index contributed by atoms with van der Waals surface area (Å²) in [6.07, 6.45) is 11.0. The third-order valence-corrected chi connectivity index (χ3v) is 6.10. The molecule has 1 aromatic carbocycles. The summed E-state index contributed by atoms with van der Waals surface area (Å²) in [6, 6.07) is 7.23. The molecule has 35 heavy (non-hydrogen) atoms. The fraction of sp³-hybridized carbons (Fsp3) is 0.320. The minimum atomic E-state index is -0.736. The first-order chi connectivity index (χ1) is 17.0. The number of hydrazone groups is 1. The summed E-state index contributed by atoms with van der Waals surface area (Å²) < 4.78 is 5.76. The third-order valence-electron chi connectivity index (χ3n) is 6.10. The van der Waals surface area contributed by atoms with E-state index in [1.165, 1.54) is 0 Å². The van der Waals surface area contributed by atoms with Crippen LogP contribution in [0.1, 0.15) is 48.2 Å². The van der Waals surface area contributed by atoms with E-state index in [-0.39, 0.29) is 23.3 Å². The highest BCUT2D eigenvalue weighted by atomic mass is 16.5. The molecule has 2 amide bonds. The second-order valence-corrected chi connectivity index (χ2v) is 8.66. The van der Waals surface area contributed by atoms with Gasteiger partial charge in [-0.2, -0.15) is 5.10 Å². The van der Waals surface area contributed by atoms with Gasteiger partial charge in [-0.25, -0.2) is 0 Å². The Hall–Kier alpha value is -4.21. The van der Waals surface area contributed by atoms with Crippen LogP contribution >= 0.6 is 0 Å². The van der Waals surface area contributed by atoms with E-state index >= 15 is 0 Å². The van der Waals surface area contributed by atoms with Gasteiger partial charge in [0, 0.05) is 30.5 Å². The molecule has 180 valence electrons. The number of anilines is 3. The molecule has 5 rings (SSSR count). The van der Waals surface area contributed by atoms with Crippen LogP contribution in [0.4, 0.5) is 17.2 Å². The fourth-order valence-corrected chi connectivity index (χ4v) is 4.16. The van der Waals surface area contributed by atoms with Crippen molar-refractivity contribution < 1.29 is 14.3 Å². The van der Waals surface area contributed by atoms with E-state index in [1.54, 1.807) is 13.2 Å². The molecule has 1 aromatic heterocycles. The largest absolute Gasteiger partial charge is 0.494 e. The van der Waals surface area contributed by atoms with Crippen LogP contribution in [0, 0.1) is 5.92 Å². The quantitative estimate of drug-likeness (QED) is 0.535. The number of carbonyl (C=O) groups excluding carboxylic acids is 2. The molecular weight excluding hydrogens is 446 g/mol. The molecule has 0 atom stereocenters. The van der Waals surface area contributed by atoms with Crippen LogP contribution in [0.5, 0.6) is 5.75 Å². The number of hydrogen-bond donors (Lipinski definition) is 3. The number of ether oxygens (including phenoxy) is 1. The Bertz CT molecular complexity index is 1260. The molecule has 1 saturated carbocycles. The zero-order chi connectivity index (χ0) is 24.4. The lowest BCUT2D eigenvalue weighted by molar-refractivity contribution is -0.117. The Morgan fingerprint density at radius 1 is 1.17 bits per heavy atom. The minimum absolute atomic E-state index is 0.00687. The molecule has 1 aliphatic heterocycles. The van der Waals surface area contributed by atoms with Crippen LogP contribution in [0.2, 0.25) is 0 Å². The van der Waals surface area contributed by atoms with Gasteiger partial charge in [-0.05, 0) is 43.9 Å². The Labute approximate surface area is 202 Å². The van der Waals surface area contributed by atoms with E-state index in [0.29, 0.717) is 17.1 Å². The van der Waals surface area contributed by atoms with Gasteiger partial charge in [0.15, 0.2) is 17.3 Å². The van der Waals surface area contributed by atoms with E-state index in [9.17, 15) is 9.59 Å². The molecule has 0 spiro atoms. The average Bonchev–Trinajstić information content (AvgIpc) is 3.61. The number of benzene rings is 1. The molecule has 10 heteroatoms. The van der Waals surface area contributed by atoms with Crippen LogP contribution in [-0.4, -0.2) is 46.4 Å².